The van der Waals surface area contributed by atoms with E-state index in [0.29, 0.717) is 15.9 Å². The van der Waals surface area contributed by atoms with Gasteiger partial charge >= 0.3 is 0 Å². The second kappa shape index (κ2) is 9.43. The van der Waals surface area contributed by atoms with E-state index in [1.165, 1.54) is 13.2 Å². The summed E-state index contributed by atoms with van der Waals surface area (Å²) in [6, 6.07) is 6.94. The Morgan fingerprint density at radius 1 is 1.14 bits per heavy atom. The number of carbonyl (C=O) groups is 1. The van der Waals surface area contributed by atoms with Crippen LogP contribution in [-0.4, -0.2) is 69.4 Å². The van der Waals surface area contributed by atoms with Gasteiger partial charge in [0.1, 0.15) is 0 Å². The maximum Gasteiger partial charge on any atom is 0.247 e. The first-order chi connectivity index (χ1) is 13.7. The molecule has 0 N–H and O–H groups in total. The molecule has 0 radical (unpaired) electrons. The molecule has 0 unspecified atom stereocenters. The van der Waals surface area contributed by atoms with Crippen molar-refractivity contribution in [2.24, 2.45) is 5.92 Å². The lowest BCUT2D eigenvalue weighted by molar-refractivity contribution is -0.151. The second-order valence-electron chi connectivity index (χ2n) is 8.39. The predicted octanol–water partition coefficient (Wildman–Crippen LogP) is 2.89. The number of amides is 1. The van der Waals surface area contributed by atoms with E-state index >= 15 is 0 Å². The summed E-state index contributed by atoms with van der Waals surface area (Å²) in [5, 5.41) is 0.411. The maximum atomic E-state index is 13.7. The Labute approximate surface area is 173 Å². The van der Waals surface area contributed by atoms with Crippen LogP contribution in [0.4, 0.5) is 10.2 Å². The molecule has 1 aliphatic heterocycles. The molecule has 1 aromatic carbocycles. The molecule has 1 saturated carbocycles. The van der Waals surface area contributed by atoms with Crippen molar-refractivity contribution in [3.8, 4) is 0 Å². The number of sulfone groups is 1. The van der Waals surface area contributed by atoms with Gasteiger partial charge in [-0.05, 0) is 62.8 Å². The molecule has 0 spiro atoms. The fourth-order valence-corrected chi connectivity index (χ4v) is 5.08. The predicted molar refractivity (Wildman–Crippen MR) is 112 cm³/mol. The number of benzene rings is 1. The molecule has 29 heavy (non-hydrogen) atoms. The Morgan fingerprint density at radius 2 is 1.79 bits per heavy atom. The summed E-state index contributed by atoms with van der Waals surface area (Å²) in [6.45, 7) is 6.01. The first-order valence-electron chi connectivity index (χ1n) is 10.5. The van der Waals surface area contributed by atoms with Crippen LogP contribution in [0.2, 0.25) is 0 Å². The van der Waals surface area contributed by atoms with Gasteiger partial charge in [0.25, 0.3) is 0 Å². The van der Waals surface area contributed by atoms with Gasteiger partial charge in [-0.15, -0.1) is 0 Å². The quantitative estimate of drug-likeness (QED) is 0.656. The minimum Gasteiger partial charge on any atom is -0.369 e. The summed E-state index contributed by atoms with van der Waals surface area (Å²) in [5.74, 6) is 0.115. The van der Waals surface area contributed by atoms with E-state index in [4.69, 9.17) is 0 Å². The monoisotopic (exact) mass is 425 g/mol. The SMILES string of the molecule is CC(=O)N(F)C1CCC(CCN2CCN(c3cccc(S(C)(=O)=O)c3)CC2)CC1. The molecule has 1 aliphatic carbocycles. The molecule has 1 aromatic rings. The largest absolute Gasteiger partial charge is 0.369 e. The molecule has 162 valence electrons. The molecule has 1 amide bonds. The first-order valence-corrected chi connectivity index (χ1v) is 12.4. The van der Waals surface area contributed by atoms with Crippen LogP contribution in [-0.2, 0) is 14.6 Å². The average molecular weight is 426 g/mol. The van der Waals surface area contributed by atoms with E-state index in [9.17, 15) is 17.7 Å². The number of rotatable bonds is 6. The van der Waals surface area contributed by atoms with Crippen molar-refractivity contribution < 1.29 is 17.7 Å². The van der Waals surface area contributed by atoms with Crippen molar-refractivity contribution in [1.82, 2.24) is 10.0 Å². The zero-order valence-corrected chi connectivity index (χ0v) is 18.2. The van der Waals surface area contributed by atoms with Crippen LogP contribution in [0.25, 0.3) is 0 Å². The van der Waals surface area contributed by atoms with Gasteiger partial charge in [-0.1, -0.05) is 10.5 Å². The lowest BCUT2D eigenvalue weighted by atomic mass is 9.84. The summed E-state index contributed by atoms with van der Waals surface area (Å²) in [7, 11) is -3.19. The molecule has 0 aromatic heterocycles. The van der Waals surface area contributed by atoms with Gasteiger partial charge in [0.05, 0.1) is 10.9 Å². The summed E-state index contributed by atoms with van der Waals surface area (Å²) in [5.41, 5.74) is 0.965. The van der Waals surface area contributed by atoms with E-state index in [-0.39, 0.29) is 6.04 Å². The molecule has 2 fully saturated rings. The van der Waals surface area contributed by atoms with E-state index in [0.717, 1.165) is 70.5 Å². The Balaban J connectivity index is 1.41. The Hall–Kier alpha value is -1.67. The van der Waals surface area contributed by atoms with Crippen molar-refractivity contribution in [2.75, 3.05) is 43.9 Å². The molecule has 2 aliphatic rings. The van der Waals surface area contributed by atoms with Gasteiger partial charge in [0.2, 0.25) is 5.91 Å². The molecule has 6 nitrogen and oxygen atoms in total. The zero-order valence-electron chi connectivity index (χ0n) is 17.4. The summed E-state index contributed by atoms with van der Waals surface area (Å²) in [6.07, 6.45) is 5.83. The fraction of sp³-hybridized carbons (Fsp3) is 0.667. The maximum absolute atomic E-state index is 13.7. The molecule has 0 bridgehead atoms. The number of piperazine rings is 1. The van der Waals surface area contributed by atoms with E-state index in [2.05, 4.69) is 9.80 Å². The van der Waals surface area contributed by atoms with Crippen molar-refractivity contribution in [3.63, 3.8) is 0 Å². The summed E-state index contributed by atoms with van der Waals surface area (Å²) >= 11 is 0. The summed E-state index contributed by atoms with van der Waals surface area (Å²) in [4.78, 5) is 16.2. The van der Waals surface area contributed by atoms with Crippen LogP contribution in [0.5, 0.6) is 0 Å². The number of anilines is 1. The third-order valence-corrected chi connectivity index (χ3v) is 7.38. The van der Waals surface area contributed by atoms with Crippen molar-refractivity contribution in [1.29, 1.82) is 0 Å². The Morgan fingerprint density at radius 3 is 2.38 bits per heavy atom. The van der Waals surface area contributed by atoms with Crippen LogP contribution < -0.4 is 4.90 Å². The Bertz CT molecular complexity index is 801. The number of halogens is 1. The average Bonchev–Trinajstić information content (AvgIpc) is 2.72. The second-order valence-corrected chi connectivity index (χ2v) is 10.4. The topological polar surface area (TPSA) is 60.9 Å². The van der Waals surface area contributed by atoms with Crippen LogP contribution in [0.15, 0.2) is 29.2 Å². The molecule has 3 rings (SSSR count). The highest BCUT2D eigenvalue weighted by atomic mass is 32.2. The highest BCUT2D eigenvalue weighted by molar-refractivity contribution is 7.90. The van der Waals surface area contributed by atoms with E-state index in [1.807, 2.05) is 6.07 Å². The van der Waals surface area contributed by atoms with Gasteiger partial charge in [0, 0.05) is 45.0 Å². The molecule has 1 saturated heterocycles. The lowest BCUT2D eigenvalue weighted by Crippen LogP contribution is -2.47. The fourth-order valence-electron chi connectivity index (χ4n) is 4.42. The Kier molecular flexibility index (Phi) is 7.16. The van der Waals surface area contributed by atoms with Crippen molar-refractivity contribution in [3.05, 3.63) is 24.3 Å². The van der Waals surface area contributed by atoms with Crippen LogP contribution in [0.3, 0.4) is 0 Å². The van der Waals surface area contributed by atoms with Gasteiger partial charge in [-0.25, -0.2) is 8.42 Å². The van der Waals surface area contributed by atoms with Gasteiger partial charge < -0.3 is 4.90 Å². The lowest BCUT2D eigenvalue weighted by Gasteiger charge is -2.37. The van der Waals surface area contributed by atoms with Crippen LogP contribution in [0, 0.1) is 5.92 Å². The molecule has 0 atom stereocenters. The summed E-state index contributed by atoms with van der Waals surface area (Å²) < 4.78 is 37.3. The number of nitrogens with zero attached hydrogens (tertiary/aromatic N) is 3. The van der Waals surface area contributed by atoms with Crippen LogP contribution >= 0.6 is 0 Å². The third-order valence-electron chi connectivity index (χ3n) is 6.27. The van der Waals surface area contributed by atoms with E-state index < -0.39 is 15.7 Å². The molecule has 1 heterocycles. The highest BCUT2D eigenvalue weighted by Crippen LogP contribution is 2.30. The minimum atomic E-state index is -3.19. The number of hydrogen-bond donors (Lipinski definition) is 0. The molecular formula is C21H32FN3O3S. The molecule has 8 heteroatoms. The third kappa shape index (κ3) is 5.92. The number of hydrogen-bond acceptors (Lipinski definition) is 5. The van der Waals surface area contributed by atoms with Crippen molar-refractivity contribution in [2.45, 2.75) is 50.0 Å². The van der Waals surface area contributed by atoms with Gasteiger partial charge in [0.15, 0.2) is 9.84 Å². The highest BCUT2D eigenvalue weighted by Gasteiger charge is 2.28. The van der Waals surface area contributed by atoms with E-state index in [1.54, 1.807) is 18.2 Å². The normalized spacial score (nSPS) is 23.8. The van der Waals surface area contributed by atoms with Crippen molar-refractivity contribution >= 4 is 21.4 Å². The smallest absolute Gasteiger partial charge is 0.247 e. The van der Waals surface area contributed by atoms with Gasteiger partial charge in [-0.3, -0.25) is 9.69 Å². The van der Waals surface area contributed by atoms with Gasteiger partial charge in [-0.2, -0.15) is 5.12 Å². The zero-order chi connectivity index (χ0) is 21.0. The minimum absolute atomic E-state index is 0.241. The first kappa shape index (κ1) is 22.0. The number of carbonyl (C=O) groups excluding carboxylic acids is 1. The standard InChI is InChI=1S/C21H32FN3O3S/c1-17(26)25(22)19-8-6-18(7-9-19)10-11-23-12-14-24(15-13-23)20-4-3-5-21(16-20)29(2,27)28/h3-5,16,18-19H,6-15H2,1-2H3. The van der Waals surface area contributed by atoms with Crippen LogP contribution in [0.1, 0.15) is 39.0 Å². The molecular weight excluding hydrogens is 393 g/mol.